The van der Waals surface area contributed by atoms with Crippen molar-refractivity contribution >= 4 is 29.3 Å². The van der Waals surface area contributed by atoms with E-state index in [4.69, 9.17) is 0 Å². The summed E-state index contributed by atoms with van der Waals surface area (Å²) < 4.78 is 1.75. The van der Waals surface area contributed by atoms with E-state index in [0.29, 0.717) is 6.04 Å². The van der Waals surface area contributed by atoms with Crippen LogP contribution in [0.25, 0.3) is 5.65 Å². The number of anilines is 1. The Morgan fingerprint density at radius 3 is 3.13 bits per heavy atom. The second-order valence-electron chi connectivity index (χ2n) is 6.03. The van der Waals surface area contributed by atoms with Crippen LogP contribution >= 0.6 is 11.8 Å². The quantitative estimate of drug-likeness (QED) is 0.889. The first kappa shape index (κ1) is 14.6. The molecule has 2 amide bonds. The summed E-state index contributed by atoms with van der Waals surface area (Å²) in [6.45, 7) is 1.51. The van der Waals surface area contributed by atoms with Gasteiger partial charge in [0.1, 0.15) is 5.82 Å². The Balaban J connectivity index is 1.33. The van der Waals surface area contributed by atoms with Gasteiger partial charge in [-0.3, -0.25) is 0 Å². The number of likely N-dealkylation sites (tertiary alicyclic amines) is 1. The van der Waals surface area contributed by atoms with Crippen LogP contribution in [0.3, 0.4) is 0 Å². The highest BCUT2D eigenvalue weighted by atomic mass is 32.2. The van der Waals surface area contributed by atoms with Crippen molar-refractivity contribution in [3.8, 4) is 0 Å². The molecule has 2 saturated heterocycles. The van der Waals surface area contributed by atoms with Crippen LogP contribution in [0.4, 0.5) is 10.6 Å². The van der Waals surface area contributed by atoms with Crippen molar-refractivity contribution in [3.63, 3.8) is 0 Å². The fraction of sp³-hybridized carbons (Fsp3) is 0.533. The average molecular weight is 332 g/mol. The van der Waals surface area contributed by atoms with E-state index in [1.807, 2.05) is 35.0 Å². The van der Waals surface area contributed by atoms with Gasteiger partial charge in [-0.15, -0.1) is 5.10 Å². The van der Waals surface area contributed by atoms with Gasteiger partial charge >= 0.3 is 6.03 Å². The van der Waals surface area contributed by atoms with Crippen LogP contribution in [0.15, 0.2) is 24.5 Å². The SMILES string of the molecule is O=C(NC1CCSC1)N1CCC(Nc2ccc3nccn3n2)C1. The first-order valence-electron chi connectivity index (χ1n) is 7.98. The molecule has 2 unspecified atom stereocenters. The van der Waals surface area contributed by atoms with E-state index >= 15 is 0 Å². The van der Waals surface area contributed by atoms with E-state index in [2.05, 4.69) is 20.7 Å². The van der Waals surface area contributed by atoms with E-state index in [-0.39, 0.29) is 12.1 Å². The van der Waals surface area contributed by atoms with Crippen molar-refractivity contribution in [2.24, 2.45) is 0 Å². The number of hydrogen-bond donors (Lipinski definition) is 2. The molecule has 2 N–H and O–H groups in total. The monoisotopic (exact) mass is 332 g/mol. The van der Waals surface area contributed by atoms with Gasteiger partial charge in [0, 0.05) is 43.3 Å². The van der Waals surface area contributed by atoms with Gasteiger partial charge in [-0.2, -0.15) is 11.8 Å². The molecule has 4 rings (SSSR count). The van der Waals surface area contributed by atoms with Gasteiger partial charge in [0.2, 0.25) is 0 Å². The highest BCUT2D eigenvalue weighted by Gasteiger charge is 2.28. The fourth-order valence-corrected chi connectivity index (χ4v) is 4.23. The Morgan fingerprint density at radius 2 is 2.26 bits per heavy atom. The Labute approximate surface area is 138 Å². The average Bonchev–Trinajstić information content (AvgIpc) is 3.27. The first-order valence-corrected chi connectivity index (χ1v) is 9.13. The number of carbonyl (C=O) groups excluding carboxylic acids is 1. The van der Waals surface area contributed by atoms with Crippen molar-refractivity contribution in [2.75, 3.05) is 29.9 Å². The molecule has 7 nitrogen and oxygen atoms in total. The van der Waals surface area contributed by atoms with Gasteiger partial charge in [-0.25, -0.2) is 14.3 Å². The zero-order chi connectivity index (χ0) is 15.6. The lowest BCUT2D eigenvalue weighted by molar-refractivity contribution is 0.205. The molecule has 0 aliphatic carbocycles. The van der Waals surface area contributed by atoms with Gasteiger partial charge in [-0.1, -0.05) is 0 Å². The van der Waals surface area contributed by atoms with Crippen molar-refractivity contribution in [2.45, 2.75) is 24.9 Å². The molecule has 0 spiro atoms. The number of aromatic nitrogens is 3. The van der Waals surface area contributed by atoms with E-state index in [1.54, 1.807) is 10.7 Å². The maximum Gasteiger partial charge on any atom is 0.317 e. The molecule has 0 aromatic carbocycles. The number of amides is 2. The number of fused-ring (bicyclic) bond motifs is 1. The lowest BCUT2D eigenvalue weighted by Gasteiger charge is -2.20. The normalized spacial score (nSPS) is 24.3. The maximum absolute atomic E-state index is 12.3. The van der Waals surface area contributed by atoms with E-state index in [9.17, 15) is 4.79 Å². The second-order valence-corrected chi connectivity index (χ2v) is 7.18. The van der Waals surface area contributed by atoms with Gasteiger partial charge in [0.15, 0.2) is 5.65 Å². The zero-order valence-corrected chi connectivity index (χ0v) is 13.6. The molecule has 2 atom stereocenters. The summed E-state index contributed by atoms with van der Waals surface area (Å²) in [6, 6.07) is 4.52. The van der Waals surface area contributed by atoms with Crippen molar-refractivity contribution in [3.05, 3.63) is 24.5 Å². The Hall–Kier alpha value is -1.96. The molecule has 2 aliphatic heterocycles. The van der Waals surface area contributed by atoms with E-state index < -0.39 is 0 Å². The predicted octanol–water partition coefficient (Wildman–Crippen LogP) is 1.43. The number of rotatable bonds is 3. The van der Waals surface area contributed by atoms with Crippen LogP contribution < -0.4 is 10.6 Å². The van der Waals surface area contributed by atoms with Crippen LogP contribution in [0.5, 0.6) is 0 Å². The third-order valence-electron chi connectivity index (χ3n) is 4.34. The smallest absolute Gasteiger partial charge is 0.317 e. The summed E-state index contributed by atoms with van der Waals surface area (Å²) in [5, 5.41) is 11.0. The summed E-state index contributed by atoms with van der Waals surface area (Å²) in [6.07, 6.45) is 5.58. The van der Waals surface area contributed by atoms with E-state index in [1.165, 1.54) is 0 Å². The molecular weight excluding hydrogens is 312 g/mol. The second kappa shape index (κ2) is 6.27. The Morgan fingerprint density at radius 1 is 1.30 bits per heavy atom. The van der Waals surface area contributed by atoms with Crippen molar-refractivity contribution < 1.29 is 4.79 Å². The standard InChI is InChI=1S/C15H20N6OS/c22-15(18-12-4-8-23-10-12)20-6-3-11(9-20)17-13-1-2-14-16-5-7-21(14)19-13/h1-2,5,7,11-12H,3-4,6,8-10H2,(H,17,19)(H,18,22). The number of carbonyl (C=O) groups is 1. The highest BCUT2D eigenvalue weighted by molar-refractivity contribution is 7.99. The van der Waals surface area contributed by atoms with Gasteiger partial charge in [0.05, 0.1) is 0 Å². The van der Waals surface area contributed by atoms with Crippen molar-refractivity contribution in [1.29, 1.82) is 0 Å². The molecule has 122 valence electrons. The molecular formula is C15H20N6OS. The number of hydrogen-bond acceptors (Lipinski definition) is 5. The lowest BCUT2D eigenvalue weighted by atomic mass is 10.2. The van der Waals surface area contributed by atoms with Gasteiger partial charge in [0.25, 0.3) is 0 Å². The van der Waals surface area contributed by atoms with Crippen LogP contribution in [0.1, 0.15) is 12.8 Å². The topological polar surface area (TPSA) is 74.6 Å². The van der Waals surface area contributed by atoms with Crippen LogP contribution in [-0.4, -0.2) is 62.2 Å². The maximum atomic E-state index is 12.3. The molecule has 0 radical (unpaired) electrons. The number of thioether (sulfide) groups is 1. The van der Waals surface area contributed by atoms with E-state index in [0.717, 1.165) is 48.9 Å². The lowest BCUT2D eigenvalue weighted by Crippen LogP contribution is -2.44. The predicted molar refractivity (Wildman–Crippen MR) is 90.8 cm³/mol. The van der Waals surface area contributed by atoms with Gasteiger partial charge in [-0.05, 0) is 30.7 Å². The number of nitrogens with zero attached hydrogens (tertiary/aromatic N) is 4. The van der Waals surface area contributed by atoms with Crippen LogP contribution in [-0.2, 0) is 0 Å². The molecule has 8 heteroatoms. The minimum absolute atomic E-state index is 0.0693. The van der Waals surface area contributed by atoms with Crippen molar-refractivity contribution in [1.82, 2.24) is 24.8 Å². The summed E-state index contributed by atoms with van der Waals surface area (Å²) >= 11 is 1.91. The molecule has 2 aliphatic rings. The largest absolute Gasteiger partial charge is 0.364 e. The molecule has 2 aromatic rings. The molecule has 2 fully saturated rings. The number of urea groups is 1. The molecule has 0 bridgehead atoms. The van der Waals surface area contributed by atoms with Gasteiger partial charge < -0.3 is 15.5 Å². The third-order valence-corrected chi connectivity index (χ3v) is 5.50. The number of nitrogens with one attached hydrogen (secondary N) is 2. The molecule has 4 heterocycles. The minimum Gasteiger partial charge on any atom is -0.364 e. The Bertz CT molecular complexity index is 698. The van der Waals surface area contributed by atoms with Crippen LogP contribution in [0.2, 0.25) is 0 Å². The summed E-state index contributed by atoms with van der Waals surface area (Å²) in [4.78, 5) is 18.4. The summed E-state index contributed by atoms with van der Waals surface area (Å²) in [7, 11) is 0. The summed E-state index contributed by atoms with van der Waals surface area (Å²) in [5.74, 6) is 3.00. The third kappa shape index (κ3) is 3.21. The molecule has 0 saturated carbocycles. The van der Waals surface area contributed by atoms with Crippen LogP contribution in [0, 0.1) is 0 Å². The zero-order valence-electron chi connectivity index (χ0n) is 12.8. The fourth-order valence-electron chi connectivity index (χ4n) is 3.08. The minimum atomic E-state index is 0.0693. The molecule has 23 heavy (non-hydrogen) atoms. The highest BCUT2D eigenvalue weighted by Crippen LogP contribution is 2.19. The Kier molecular flexibility index (Phi) is 3.99. The first-order chi connectivity index (χ1) is 11.3. The number of imidazole rings is 1. The summed E-state index contributed by atoms with van der Waals surface area (Å²) in [5.41, 5.74) is 0.831. The molecule has 2 aromatic heterocycles.